The maximum Gasteiger partial charge on any atom is 0.211 e. The third kappa shape index (κ3) is 3.94. The second kappa shape index (κ2) is 6.49. The van der Waals surface area contributed by atoms with Crippen LogP contribution in [0.2, 0.25) is 0 Å². The largest absolute Gasteiger partial charge is 0.211 e. The van der Waals surface area contributed by atoms with Crippen molar-refractivity contribution in [2.24, 2.45) is 5.10 Å². The molecule has 15 heavy (non-hydrogen) atoms. The van der Waals surface area contributed by atoms with Gasteiger partial charge in [0, 0.05) is 24.2 Å². The first-order chi connectivity index (χ1) is 7.27. The molecule has 0 saturated carbocycles. The minimum atomic E-state index is 0.437. The minimum Gasteiger partial charge on any atom is -0.197 e. The Labute approximate surface area is 98.2 Å². The van der Waals surface area contributed by atoms with Crippen LogP contribution in [0.25, 0.3) is 0 Å². The van der Waals surface area contributed by atoms with Gasteiger partial charge in [-0.3, -0.25) is 0 Å². The smallest absolute Gasteiger partial charge is 0.197 e. The zero-order chi connectivity index (χ0) is 11.1. The van der Waals surface area contributed by atoms with E-state index < -0.39 is 0 Å². The lowest BCUT2D eigenvalue weighted by atomic mass is 10.4. The Bertz CT molecular complexity index is 396. The minimum absolute atomic E-state index is 0.437. The molecule has 0 spiro atoms. The molecule has 5 heteroatoms. The van der Waals surface area contributed by atoms with Gasteiger partial charge in [-0.05, 0) is 12.3 Å². The van der Waals surface area contributed by atoms with E-state index in [1.807, 2.05) is 42.3 Å². The van der Waals surface area contributed by atoms with Crippen molar-refractivity contribution in [3.05, 3.63) is 30.1 Å². The molecule has 0 aliphatic rings. The molecule has 0 unspecified atom stereocenters. The van der Waals surface area contributed by atoms with Gasteiger partial charge in [0.05, 0.1) is 11.8 Å². The highest BCUT2D eigenvalue weighted by atomic mass is 32.2. The summed E-state index contributed by atoms with van der Waals surface area (Å²) < 4.78 is 2.71. The van der Waals surface area contributed by atoms with Crippen molar-refractivity contribution in [1.29, 1.82) is 5.26 Å². The molecule has 0 aliphatic carbocycles. The van der Waals surface area contributed by atoms with Crippen molar-refractivity contribution in [1.82, 2.24) is 0 Å². The van der Waals surface area contributed by atoms with Crippen molar-refractivity contribution in [2.75, 3.05) is 12.0 Å². The summed E-state index contributed by atoms with van der Waals surface area (Å²) in [7, 11) is 0. The molecule has 0 saturated heterocycles. The first kappa shape index (κ1) is 12.1. The maximum absolute atomic E-state index is 8.49. The molecule has 0 aromatic carbocycles. The zero-order valence-electron chi connectivity index (χ0n) is 8.67. The normalized spacial score (nSPS) is 11.1. The quantitative estimate of drug-likeness (QED) is 0.449. The van der Waals surface area contributed by atoms with Gasteiger partial charge in [-0.1, -0.05) is 28.2 Å². The second-order valence-corrected chi connectivity index (χ2v) is 4.72. The summed E-state index contributed by atoms with van der Waals surface area (Å²) in [5.74, 6) is 0.437. The number of aromatic nitrogens is 1. The predicted octanol–water partition coefficient (Wildman–Crippen LogP) is 2.02. The van der Waals surface area contributed by atoms with Crippen LogP contribution in [0.1, 0.15) is 5.69 Å². The molecule has 0 aliphatic heterocycles. The van der Waals surface area contributed by atoms with Crippen LogP contribution in [0, 0.1) is 18.3 Å². The van der Waals surface area contributed by atoms with Crippen molar-refractivity contribution in [2.45, 2.75) is 6.92 Å². The van der Waals surface area contributed by atoms with Crippen LogP contribution in [-0.2, 0) is 0 Å². The van der Waals surface area contributed by atoms with Gasteiger partial charge in [-0.25, -0.2) is 0 Å². The first-order valence-corrected chi connectivity index (χ1v) is 6.59. The fraction of sp³-hybridized carbons (Fsp3) is 0.300. The number of nitrogens with zero attached hydrogens (tertiary/aromatic N) is 3. The average molecular weight is 238 g/mol. The molecule has 1 aromatic rings. The van der Waals surface area contributed by atoms with Gasteiger partial charge >= 0.3 is 0 Å². The van der Waals surface area contributed by atoms with Crippen molar-refractivity contribution in [3.8, 4) is 6.07 Å². The van der Waals surface area contributed by atoms with E-state index in [0.717, 1.165) is 10.1 Å². The third-order valence-corrected chi connectivity index (χ3v) is 3.55. The lowest BCUT2D eigenvalue weighted by Gasteiger charge is -1.95. The number of hydrogen-bond acceptors (Lipinski definition) is 4. The topological polar surface area (TPSA) is 40.0 Å². The van der Waals surface area contributed by atoms with E-state index in [2.05, 4.69) is 11.2 Å². The highest BCUT2D eigenvalue weighted by Crippen LogP contribution is 2.12. The highest BCUT2D eigenvalue weighted by molar-refractivity contribution is 8.38. The van der Waals surface area contributed by atoms with E-state index in [9.17, 15) is 0 Å². The van der Waals surface area contributed by atoms with Crippen LogP contribution in [0.15, 0.2) is 29.5 Å². The number of hydrogen-bond donors (Lipinski definition) is 0. The Morgan fingerprint density at radius 3 is 3.00 bits per heavy atom. The summed E-state index contributed by atoms with van der Waals surface area (Å²) in [6.45, 7) is 2.00. The highest BCUT2D eigenvalue weighted by Gasteiger charge is 2.06. The van der Waals surface area contributed by atoms with Crippen LogP contribution in [0.5, 0.6) is 0 Å². The zero-order valence-corrected chi connectivity index (χ0v) is 10.3. The second-order valence-electron chi connectivity index (χ2n) is 2.70. The van der Waals surface area contributed by atoms with Crippen LogP contribution < -0.4 is 4.68 Å². The summed E-state index contributed by atoms with van der Waals surface area (Å²) in [5.41, 5.74) is 1.07. The van der Waals surface area contributed by atoms with Crippen LogP contribution in [0.3, 0.4) is 0 Å². The summed E-state index contributed by atoms with van der Waals surface area (Å²) in [6.07, 6.45) is 3.86. The number of thioether (sulfide) groups is 2. The molecule has 1 heterocycles. The Kier molecular flexibility index (Phi) is 5.22. The summed E-state index contributed by atoms with van der Waals surface area (Å²) in [5, 5.41) is 12.9. The van der Waals surface area contributed by atoms with Gasteiger partial charge in [0.25, 0.3) is 0 Å². The maximum atomic E-state index is 8.49. The average Bonchev–Trinajstić information content (AvgIpc) is 2.26. The summed E-state index contributed by atoms with van der Waals surface area (Å²) in [6, 6.07) is 8.00. The fourth-order valence-corrected chi connectivity index (χ4v) is 2.09. The SMILES string of the molecule is CS/C(=N\[n+]1ccccc1C)SCC#N. The van der Waals surface area contributed by atoms with Crippen molar-refractivity contribution >= 4 is 27.9 Å². The molecule has 78 valence electrons. The summed E-state index contributed by atoms with van der Waals surface area (Å²) >= 11 is 3.01. The number of rotatable bonds is 2. The van der Waals surface area contributed by atoms with Crippen LogP contribution >= 0.6 is 23.5 Å². The molecule has 0 radical (unpaired) electrons. The molecule has 0 bridgehead atoms. The van der Waals surface area contributed by atoms with Gasteiger partial charge in [-0.2, -0.15) is 5.26 Å². The lowest BCUT2D eigenvalue weighted by Crippen LogP contribution is -2.31. The van der Waals surface area contributed by atoms with E-state index in [1.165, 1.54) is 11.8 Å². The van der Waals surface area contributed by atoms with Gasteiger partial charge in [0.15, 0.2) is 4.38 Å². The predicted molar refractivity (Wildman–Crippen MR) is 65.8 cm³/mol. The van der Waals surface area contributed by atoms with Gasteiger partial charge < -0.3 is 0 Å². The molecule has 0 atom stereocenters. The molecule has 1 aromatic heterocycles. The van der Waals surface area contributed by atoms with Crippen molar-refractivity contribution < 1.29 is 4.68 Å². The van der Waals surface area contributed by atoms with Crippen LogP contribution in [0.4, 0.5) is 0 Å². The molecule has 0 N–H and O–H groups in total. The van der Waals surface area contributed by atoms with E-state index in [4.69, 9.17) is 5.26 Å². The number of pyridine rings is 1. The lowest BCUT2D eigenvalue weighted by molar-refractivity contribution is -0.684. The Hall–Kier alpha value is -0.990. The first-order valence-electron chi connectivity index (χ1n) is 4.38. The van der Waals surface area contributed by atoms with Crippen LogP contribution in [-0.4, -0.2) is 16.4 Å². The van der Waals surface area contributed by atoms with E-state index in [-0.39, 0.29) is 0 Å². The third-order valence-electron chi connectivity index (χ3n) is 1.66. The van der Waals surface area contributed by atoms with Gasteiger partial charge in [-0.15, -0.1) is 0 Å². The molecule has 0 amide bonds. The number of nitriles is 1. The van der Waals surface area contributed by atoms with Gasteiger partial charge in [0.2, 0.25) is 11.9 Å². The number of aryl methyl sites for hydroxylation is 1. The van der Waals surface area contributed by atoms with Gasteiger partial charge in [0.1, 0.15) is 0 Å². The van der Waals surface area contributed by atoms with E-state index in [1.54, 1.807) is 11.8 Å². The molecule has 1 rings (SSSR count). The Morgan fingerprint density at radius 1 is 1.60 bits per heavy atom. The Morgan fingerprint density at radius 2 is 2.40 bits per heavy atom. The molecule has 0 fully saturated rings. The molecular formula is C10H12N3S2+. The van der Waals surface area contributed by atoms with E-state index in [0.29, 0.717) is 5.75 Å². The standard InChI is InChI=1S/C10H12N3S2/c1-9-5-3-4-7-13(9)12-10(14-2)15-8-6-11/h3-5,7H,8H2,1-2H3/q+1/b12-10+. The molecule has 3 nitrogen and oxygen atoms in total. The monoisotopic (exact) mass is 238 g/mol. The Balaban J connectivity index is 2.84. The molecular weight excluding hydrogens is 226 g/mol. The van der Waals surface area contributed by atoms with E-state index >= 15 is 0 Å². The fourth-order valence-electron chi connectivity index (χ4n) is 0.943. The van der Waals surface area contributed by atoms with Crippen molar-refractivity contribution in [3.63, 3.8) is 0 Å². The summed E-state index contributed by atoms with van der Waals surface area (Å²) in [4.78, 5) is 0.